The van der Waals surface area contributed by atoms with Crippen LogP contribution in [0.25, 0.3) is 0 Å². The number of rotatable bonds is 6. The minimum Gasteiger partial charge on any atom is -0.362 e. The molecule has 3 aromatic rings. The van der Waals surface area contributed by atoms with Crippen molar-refractivity contribution in [3.8, 4) is 0 Å². The van der Waals surface area contributed by atoms with E-state index in [1.54, 1.807) is 24.1 Å². The fourth-order valence-corrected chi connectivity index (χ4v) is 2.64. The summed E-state index contributed by atoms with van der Waals surface area (Å²) in [6.07, 6.45) is 1.71. The van der Waals surface area contributed by atoms with Gasteiger partial charge in [0.1, 0.15) is 6.73 Å². The van der Waals surface area contributed by atoms with Crippen molar-refractivity contribution >= 4 is 11.6 Å². The first-order chi connectivity index (χ1) is 12.0. The smallest absolute Gasteiger partial charge is 0.276 e. The van der Waals surface area contributed by atoms with Gasteiger partial charge in [-0.15, -0.1) is 0 Å². The van der Waals surface area contributed by atoms with Gasteiger partial charge in [-0.1, -0.05) is 12.1 Å². The molecule has 3 rings (SSSR count). The van der Waals surface area contributed by atoms with Crippen LogP contribution in [0.1, 0.15) is 27.4 Å². The van der Waals surface area contributed by atoms with Crippen LogP contribution in [-0.4, -0.2) is 32.6 Å². The first-order valence-corrected chi connectivity index (χ1v) is 7.99. The molecule has 0 spiro atoms. The molecule has 0 radical (unpaired) electrons. The quantitative estimate of drug-likeness (QED) is 0.749. The number of nitrogens with one attached hydrogen (secondary N) is 1. The summed E-state index contributed by atoms with van der Waals surface area (Å²) in [5.74, 6) is -0.252. The molecule has 1 N–H and O–H groups in total. The lowest BCUT2D eigenvalue weighted by atomic mass is 10.2. The van der Waals surface area contributed by atoms with Crippen molar-refractivity contribution in [1.82, 2.24) is 19.6 Å². The number of amides is 1. The summed E-state index contributed by atoms with van der Waals surface area (Å²) in [6, 6.07) is 11.4. The lowest BCUT2D eigenvalue weighted by Crippen LogP contribution is -2.14. The fraction of sp³-hybridized carbons (Fsp3) is 0.278. The first-order valence-electron chi connectivity index (χ1n) is 7.99. The predicted molar refractivity (Wildman–Crippen MR) is 94.4 cm³/mol. The highest BCUT2D eigenvalue weighted by Gasteiger charge is 2.10. The van der Waals surface area contributed by atoms with E-state index in [1.807, 2.05) is 48.9 Å². The van der Waals surface area contributed by atoms with Crippen molar-refractivity contribution < 1.29 is 9.53 Å². The summed E-state index contributed by atoms with van der Waals surface area (Å²) < 4.78 is 8.49. The average Bonchev–Trinajstić information content (AvgIpc) is 3.15. The second-order valence-corrected chi connectivity index (χ2v) is 5.90. The molecule has 0 saturated heterocycles. The van der Waals surface area contributed by atoms with E-state index in [0.717, 1.165) is 22.6 Å². The van der Waals surface area contributed by atoms with Gasteiger partial charge in [0.2, 0.25) is 0 Å². The minimum absolute atomic E-state index is 0.252. The van der Waals surface area contributed by atoms with Gasteiger partial charge in [-0.25, -0.2) is 4.68 Å². The molecule has 7 heteroatoms. The molecule has 1 amide bonds. The van der Waals surface area contributed by atoms with Gasteiger partial charge in [0.05, 0.1) is 12.2 Å². The van der Waals surface area contributed by atoms with E-state index in [4.69, 9.17) is 4.74 Å². The summed E-state index contributed by atoms with van der Waals surface area (Å²) >= 11 is 0. The molecule has 0 fully saturated rings. The number of nitrogens with zero attached hydrogens (tertiary/aromatic N) is 4. The molecule has 0 aliphatic carbocycles. The summed E-state index contributed by atoms with van der Waals surface area (Å²) in [4.78, 5) is 12.3. The fourth-order valence-electron chi connectivity index (χ4n) is 2.64. The Bertz CT molecular complexity index is 881. The Morgan fingerprint density at radius 1 is 1.20 bits per heavy atom. The highest BCUT2D eigenvalue weighted by Crippen LogP contribution is 2.14. The third kappa shape index (κ3) is 4.13. The summed E-state index contributed by atoms with van der Waals surface area (Å²) in [5, 5.41) is 11.5. The lowest BCUT2D eigenvalue weighted by Gasteiger charge is -2.08. The highest BCUT2D eigenvalue weighted by atomic mass is 16.5. The minimum atomic E-state index is -0.252. The Kier molecular flexibility index (Phi) is 4.95. The zero-order chi connectivity index (χ0) is 17.8. The summed E-state index contributed by atoms with van der Waals surface area (Å²) in [7, 11) is 1.58. The second kappa shape index (κ2) is 7.31. The third-order valence-corrected chi connectivity index (χ3v) is 3.76. The molecule has 2 heterocycles. The van der Waals surface area contributed by atoms with Crippen molar-refractivity contribution in [1.29, 1.82) is 0 Å². The molecule has 0 unspecified atom stereocenters. The van der Waals surface area contributed by atoms with E-state index in [1.165, 1.54) is 0 Å². The molecular weight excluding hydrogens is 318 g/mol. The molecule has 130 valence electrons. The van der Waals surface area contributed by atoms with E-state index in [9.17, 15) is 4.79 Å². The molecule has 0 bridgehead atoms. The molecule has 0 aliphatic heterocycles. The van der Waals surface area contributed by atoms with Gasteiger partial charge in [0, 0.05) is 24.7 Å². The van der Waals surface area contributed by atoms with Crippen molar-refractivity contribution in [3.05, 3.63) is 65.2 Å². The predicted octanol–water partition coefficient (Wildman–Crippen LogP) is 2.60. The number of methoxy groups -OCH3 is 1. The molecule has 0 aliphatic rings. The van der Waals surface area contributed by atoms with Gasteiger partial charge in [0.25, 0.3) is 5.91 Å². The Balaban J connectivity index is 1.70. The van der Waals surface area contributed by atoms with Crippen LogP contribution in [0.2, 0.25) is 0 Å². The second-order valence-electron chi connectivity index (χ2n) is 5.90. The number of hydrogen-bond donors (Lipinski definition) is 1. The van der Waals surface area contributed by atoms with Crippen LogP contribution < -0.4 is 5.32 Å². The van der Waals surface area contributed by atoms with Crippen LogP contribution in [0, 0.1) is 13.8 Å². The lowest BCUT2D eigenvalue weighted by molar-refractivity contribution is 0.101. The standard InChI is InChI=1S/C18H21N5O2/c1-13-9-14(2)23(20-13)11-15-5-4-6-16(10-15)19-18(24)17-7-8-22(21-17)12-25-3/h4-10H,11-12H2,1-3H3,(H,19,24). The van der Waals surface area contributed by atoms with Gasteiger partial charge in [-0.2, -0.15) is 10.2 Å². The monoisotopic (exact) mass is 339 g/mol. The van der Waals surface area contributed by atoms with E-state index in [2.05, 4.69) is 15.5 Å². The number of aryl methyl sites for hydroxylation is 2. The van der Waals surface area contributed by atoms with Crippen molar-refractivity contribution in [3.63, 3.8) is 0 Å². The zero-order valence-corrected chi connectivity index (χ0v) is 14.6. The first kappa shape index (κ1) is 16.9. The Labute approximate surface area is 146 Å². The Morgan fingerprint density at radius 3 is 2.76 bits per heavy atom. The summed E-state index contributed by atoms with van der Waals surface area (Å²) in [6.45, 7) is 4.97. The number of hydrogen-bond acceptors (Lipinski definition) is 4. The maximum atomic E-state index is 12.3. The van der Waals surface area contributed by atoms with Crippen LogP contribution >= 0.6 is 0 Å². The van der Waals surface area contributed by atoms with Crippen molar-refractivity contribution in [2.24, 2.45) is 0 Å². The van der Waals surface area contributed by atoms with E-state index >= 15 is 0 Å². The number of aromatic nitrogens is 4. The SMILES string of the molecule is COCn1ccc(C(=O)Nc2cccc(Cn3nc(C)cc3C)c2)n1. The van der Waals surface area contributed by atoms with Crippen LogP contribution in [0.3, 0.4) is 0 Å². The molecule has 1 aromatic carbocycles. The molecule has 0 atom stereocenters. The van der Waals surface area contributed by atoms with E-state index in [0.29, 0.717) is 19.0 Å². The Hall–Kier alpha value is -2.93. The van der Waals surface area contributed by atoms with Crippen LogP contribution in [0.5, 0.6) is 0 Å². The number of ether oxygens (including phenoxy) is 1. The van der Waals surface area contributed by atoms with Crippen molar-refractivity contribution in [2.75, 3.05) is 12.4 Å². The average molecular weight is 339 g/mol. The van der Waals surface area contributed by atoms with Gasteiger partial charge >= 0.3 is 0 Å². The van der Waals surface area contributed by atoms with Gasteiger partial charge in [-0.3, -0.25) is 9.48 Å². The molecule has 25 heavy (non-hydrogen) atoms. The highest BCUT2D eigenvalue weighted by molar-refractivity contribution is 6.02. The Morgan fingerprint density at radius 2 is 2.04 bits per heavy atom. The topological polar surface area (TPSA) is 74.0 Å². The van der Waals surface area contributed by atoms with E-state index in [-0.39, 0.29) is 5.91 Å². The number of benzene rings is 1. The maximum absolute atomic E-state index is 12.3. The molecule has 0 saturated carbocycles. The maximum Gasteiger partial charge on any atom is 0.276 e. The normalized spacial score (nSPS) is 10.8. The van der Waals surface area contributed by atoms with Gasteiger partial charge in [-0.05, 0) is 43.7 Å². The van der Waals surface area contributed by atoms with Crippen LogP contribution in [-0.2, 0) is 18.0 Å². The van der Waals surface area contributed by atoms with Crippen LogP contribution in [0.4, 0.5) is 5.69 Å². The third-order valence-electron chi connectivity index (χ3n) is 3.76. The number of anilines is 1. The number of carbonyl (C=O) groups is 1. The molecule has 7 nitrogen and oxygen atoms in total. The van der Waals surface area contributed by atoms with Gasteiger partial charge < -0.3 is 10.1 Å². The molecular formula is C18H21N5O2. The number of carbonyl (C=O) groups excluding carboxylic acids is 1. The van der Waals surface area contributed by atoms with Crippen molar-refractivity contribution in [2.45, 2.75) is 27.1 Å². The summed E-state index contributed by atoms with van der Waals surface area (Å²) in [5.41, 5.74) is 4.24. The largest absolute Gasteiger partial charge is 0.362 e. The zero-order valence-electron chi connectivity index (χ0n) is 14.6. The van der Waals surface area contributed by atoms with E-state index < -0.39 is 0 Å². The van der Waals surface area contributed by atoms with Crippen LogP contribution in [0.15, 0.2) is 42.6 Å². The molecule has 2 aromatic heterocycles. The van der Waals surface area contributed by atoms with Gasteiger partial charge in [0.15, 0.2) is 5.69 Å².